The number of hydrogen-bond donors (Lipinski definition) is 1. The van der Waals surface area contributed by atoms with E-state index in [0.29, 0.717) is 16.4 Å². The molecule has 2 heterocycles. The maximum absolute atomic E-state index is 11.7. The van der Waals surface area contributed by atoms with Crippen LogP contribution in [-0.4, -0.2) is 20.7 Å². The first-order valence-corrected chi connectivity index (χ1v) is 5.42. The Hall–Kier alpha value is -1.88. The lowest BCUT2D eigenvalue weighted by atomic mass is 10.4. The predicted octanol–water partition coefficient (Wildman–Crippen LogP) is 1.88. The van der Waals surface area contributed by atoms with Gasteiger partial charge in [0.05, 0.1) is 10.7 Å². The SMILES string of the molecule is Cc1nn(CC(=O)Nc2ccncc2)cc1Cl. The summed E-state index contributed by atoms with van der Waals surface area (Å²) in [4.78, 5) is 15.5. The molecule has 0 fully saturated rings. The van der Waals surface area contributed by atoms with Gasteiger partial charge in [0.2, 0.25) is 5.91 Å². The molecule has 1 N–H and O–H groups in total. The Balaban J connectivity index is 1.98. The summed E-state index contributed by atoms with van der Waals surface area (Å²) in [7, 11) is 0. The minimum absolute atomic E-state index is 0.135. The molecule has 2 rings (SSSR count). The molecular formula is C11H11ClN4O. The first-order valence-electron chi connectivity index (χ1n) is 5.04. The van der Waals surface area contributed by atoms with Crippen LogP contribution in [0.4, 0.5) is 5.69 Å². The number of rotatable bonds is 3. The van der Waals surface area contributed by atoms with E-state index in [0.717, 1.165) is 0 Å². The van der Waals surface area contributed by atoms with Crippen LogP contribution in [0.25, 0.3) is 0 Å². The average molecular weight is 251 g/mol. The van der Waals surface area contributed by atoms with Crippen LogP contribution in [0.15, 0.2) is 30.7 Å². The molecule has 0 radical (unpaired) electrons. The highest BCUT2D eigenvalue weighted by molar-refractivity contribution is 6.31. The number of hydrogen-bond acceptors (Lipinski definition) is 3. The van der Waals surface area contributed by atoms with Crippen LogP contribution in [0.2, 0.25) is 5.02 Å². The summed E-state index contributed by atoms with van der Waals surface area (Å²) in [6.07, 6.45) is 4.86. The van der Waals surface area contributed by atoms with Crippen LogP contribution < -0.4 is 5.32 Å². The van der Waals surface area contributed by atoms with Crippen molar-refractivity contribution in [3.63, 3.8) is 0 Å². The van der Waals surface area contributed by atoms with Crippen LogP contribution in [0.5, 0.6) is 0 Å². The third-order valence-electron chi connectivity index (χ3n) is 2.16. The molecule has 0 saturated heterocycles. The molecule has 0 aliphatic heterocycles. The van der Waals surface area contributed by atoms with Gasteiger partial charge < -0.3 is 5.32 Å². The number of halogens is 1. The summed E-state index contributed by atoms with van der Waals surface area (Å²) in [6.45, 7) is 1.93. The summed E-state index contributed by atoms with van der Waals surface area (Å²) in [5.74, 6) is -0.157. The van der Waals surface area contributed by atoms with Gasteiger partial charge in [-0.05, 0) is 19.1 Å². The summed E-state index contributed by atoms with van der Waals surface area (Å²) in [5.41, 5.74) is 1.42. The van der Waals surface area contributed by atoms with Crippen LogP contribution in [0.1, 0.15) is 5.69 Å². The number of amides is 1. The zero-order valence-corrected chi connectivity index (χ0v) is 9.98. The molecule has 0 atom stereocenters. The first kappa shape index (κ1) is 11.6. The molecular weight excluding hydrogens is 240 g/mol. The molecule has 2 aromatic rings. The normalized spacial score (nSPS) is 10.2. The maximum atomic E-state index is 11.7. The highest BCUT2D eigenvalue weighted by atomic mass is 35.5. The topological polar surface area (TPSA) is 59.8 Å². The maximum Gasteiger partial charge on any atom is 0.246 e. The van der Waals surface area contributed by atoms with Gasteiger partial charge in [-0.1, -0.05) is 11.6 Å². The largest absolute Gasteiger partial charge is 0.324 e. The van der Waals surface area contributed by atoms with Gasteiger partial charge in [-0.2, -0.15) is 5.10 Å². The van der Waals surface area contributed by atoms with Crippen molar-refractivity contribution in [3.05, 3.63) is 41.4 Å². The molecule has 5 nitrogen and oxygen atoms in total. The molecule has 88 valence electrons. The zero-order valence-electron chi connectivity index (χ0n) is 9.22. The minimum Gasteiger partial charge on any atom is -0.324 e. The number of carbonyl (C=O) groups excluding carboxylic acids is 1. The molecule has 0 unspecified atom stereocenters. The number of carbonyl (C=O) groups is 1. The van der Waals surface area contributed by atoms with Crippen molar-refractivity contribution in [1.82, 2.24) is 14.8 Å². The van der Waals surface area contributed by atoms with Crippen LogP contribution >= 0.6 is 11.6 Å². The van der Waals surface area contributed by atoms with Gasteiger partial charge in [0.1, 0.15) is 6.54 Å². The third-order valence-corrected chi connectivity index (χ3v) is 2.53. The van der Waals surface area contributed by atoms with Gasteiger partial charge in [0.25, 0.3) is 0 Å². The van der Waals surface area contributed by atoms with Crippen LogP contribution in [0.3, 0.4) is 0 Å². The fourth-order valence-corrected chi connectivity index (χ4v) is 1.51. The zero-order chi connectivity index (χ0) is 12.3. The van der Waals surface area contributed by atoms with Crippen molar-refractivity contribution in [2.24, 2.45) is 0 Å². The Morgan fingerprint density at radius 2 is 2.18 bits per heavy atom. The Labute approximate surface area is 103 Å². The van der Waals surface area contributed by atoms with Crippen molar-refractivity contribution in [2.75, 3.05) is 5.32 Å². The molecule has 0 aromatic carbocycles. The van der Waals surface area contributed by atoms with E-state index >= 15 is 0 Å². The van der Waals surface area contributed by atoms with Crippen molar-refractivity contribution in [3.8, 4) is 0 Å². The van der Waals surface area contributed by atoms with E-state index in [1.165, 1.54) is 4.68 Å². The van der Waals surface area contributed by atoms with Gasteiger partial charge in [0.15, 0.2) is 0 Å². The van der Waals surface area contributed by atoms with Crippen molar-refractivity contribution < 1.29 is 4.79 Å². The number of aromatic nitrogens is 3. The van der Waals surface area contributed by atoms with E-state index in [2.05, 4.69) is 15.4 Å². The molecule has 0 bridgehead atoms. The molecule has 17 heavy (non-hydrogen) atoms. The fraction of sp³-hybridized carbons (Fsp3) is 0.182. The number of pyridine rings is 1. The Kier molecular flexibility index (Phi) is 3.39. The van der Waals surface area contributed by atoms with E-state index in [-0.39, 0.29) is 12.5 Å². The summed E-state index contributed by atoms with van der Waals surface area (Å²) in [5, 5.41) is 7.40. The molecule has 0 spiro atoms. The van der Waals surface area contributed by atoms with E-state index in [1.807, 2.05) is 0 Å². The highest BCUT2D eigenvalue weighted by Crippen LogP contribution is 2.12. The van der Waals surface area contributed by atoms with Crippen LogP contribution in [-0.2, 0) is 11.3 Å². The van der Waals surface area contributed by atoms with Gasteiger partial charge in [0, 0.05) is 24.3 Å². The second-order valence-corrected chi connectivity index (χ2v) is 3.95. The van der Waals surface area contributed by atoms with Gasteiger partial charge in [-0.15, -0.1) is 0 Å². The lowest BCUT2D eigenvalue weighted by molar-refractivity contribution is -0.116. The third kappa shape index (κ3) is 3.04. The van der Waals surface area contributed by atoms with Crippen molar-refractivity contribution in [2.45, 2.75) is 13.5 Å². The van der Waals surface area contributed by atoms with E-state index < -0.39 is 0 Å². The molecule has 0 aliphatic carbocycles. The van der Waals surface area contributed by atoms with E-state index in [1.54, 1.807) is 37.6 Å². The molecule has 0 aliphatic rings. The average Bonchev–Trinajstić information content (AvgIpc) is 2.59. The summed E-state index contributed by atoms with van der Waals surface area (Å²) < 4.78 is 1.51. The number of nitrogens with zero attached hydrogens (tertiary/aromatic N) is 3. The van der Waals surface area contributed by atoms with Gasteiger partial charge in [-0.3, -0.25) is 14.5 Å². The quantitative estimate of drug-likeness (QED) is 0.905. The molecule has 0 saturated carbocycles. The first-order chi connectivity index (χ1) is 8.15. The van der Waals surface area contributed by atoms with E-state index in [4.69, 9.17) is 11.6 Å². The lowest BCUT2D eigenvalue weighted by Gasteiger charge is -2.04. The number of aryl methyl sites for hydroxylation is 1. The standard InChI is InChI=1S/C11H11ClN4O/c1-8-10(12)6-16(15-8)7-11(17)14-9-2-4-13-5-3-9/h2-6H,7H2,1H3,(H,13,14,17). The van der Waals surface area contributed by atoms with Crippen molar-refractivity contribution >= 4 is 23.2 Å². The van der Waals surface area contributed by atoms with Crippen molar-refractivity contribution in [1.29, 1.82) is 0 Å². The van der Waals surface area contributed by atoms with Crippen LogP contribution in [0, 0.1) is 6.92 Å². The Bertz CT molecular complexity index is 504. The fourth-order valence-electron chi connectivity index (χ4n) is 1.36. The monoisotopic (exact) mass is 250 g/mol. The molecule has 2 aromatic heterocycles. The summed E-state index contributed by atoms with van der Waals surface area (Å²) >= 11 is 5.85. The van der Waals surface area contributed by atoms with Gasteiger partial charge in [-0.25, -0.2) is 0 Å². The van der Waals surface area contributed by atoms with E-state index in [9.17, 15) is 4.79 Å². The van der Waals surface area contributed by atoms with Gasteiger partial charge >= 0.3 is 0 Å². The Morgan fingerprint density at radius 1 is 1.47 bits per heavy atom. The Morgan fingerprint density at radius 3 is 2.76 bits per heavy atom. The predicted molar refractivity (Wildman–Crippen MR) is 64.8 cm³/mol. The highest BCUT2D eigenvalue weighted by Gasteiger charge is 2.06. The lowest BCUT2D eigenvalue weighted by Crippen LogP contribution is -2.19. The number of anilines is 1. The minimum atomic E-state index is -0.157. The molecule has 1 amide bonds. The second-order valence-electron chi connectivity index (χ2n) is 3.54. The molecule has 6 heteroatoms. The summed E-state index contributed by atoms with van der Waals surface area (Å²) in [6, 6.07) is 3.44. The second kappa shape index (κ2) is 4.97. The smallest absolute Gasteiger partial charge is 0.246 e. The number of nitrogens with one attached hydrogen (secondary N) is 1.